The van der Waals surface area contributed by atoms with Crippen LogP contribution in [0.2, 0.25) is 0 Å². The highest BCUT2D eigenvalue weighted by Gasteiger charge is 2.71. The number of hydrogen-bond donors (Lipinski definition) is 2. The number of allylic oxidation sites excluding steroid dienone is 2. The maximum Gasteiger partial charge on any atom is 0.310 e. The van der Waals surface area contributed by atoms with E-state index in [2.05, 4.69) is 54.5 Å². The molecule has 5 rings (SSSR count). The van der Waals surface area contributed by atoms with E-state index in [9.17, 15) is 19.8 Å². The van der Waals surface area contributed by atoms with Crippen molar-refractivity contribution in [2.24, 2.45) is 56.7 Å². The molecule has 5 aliphatic carbocycles. The highest BCUT2D eigenvalue weighted by atomic mass is 16.4. The van der Waals surface area contributed by atoms with E-state index in [4.69, 9.17) is 0 Å². The van der Waals surface area contributed by atoms with Gasteiger partial charge < -0.3 is 10.2 Å². The molecule has 0 radical (unpaired) electrons. The van der Waals surface area contributed by atoms with Crippen LogP contribution in [0, 0.1) is 56.7 Å². The SMILES string of the molecule is CC(=O)[C@]1(O)CC[C@@]2(C)[C@H](CC[C@]3(C)[C@@H]2CC=C2[C@@H]4[C@@H](C)[C@H](C)CC[C@]4(C(=O)O)CC[C@]23C)C1(C)C. The van der Waals surface area contributed by atoms with Crippen LogP contribution in [0.4, 0.5) is 0 Å². The van der Waals surface area contributed by atoms with E-state index < -0.39 is 22.4 Å². The lowest BCUT2D eigenvalue weighted by Gasteiger charge is -2.72. The summed E-state index contributed by atoms with van der Waals surface area (Å²) in [5.74, 6) is 1.17. The first-order chi connectivity index (χ1) is 16.5. The van der Waals surface area contributed by atoms with Crippen molar-refractivity contribution in [2.45, 2.75) is 119 Å². The van der Waals surface area contributed by atoms with Gasteiger partial charge in [-0.25, -0.2) is 0 Å². The number of hydrogen-bond acceptors (Lipinski definition) is 3. The number of carbonyl (C=O) groups is 2. The molecule has 0 aromatic heterocycles. The van der Waals surface area contributed by atoms with E-state index in [1.54, 1.807) is 6.92 Å². The summed E-state index contributed by atoms with van der Waals surface area (Å²) in [7, 11) is 0. The molecule has 0 aromatic carbocycles. The Morgan fingerprint density at radius 2 is 1.56 bits per heavy atom. The zero-order valence-corrected chi connectivity index (χ0v) is 24.0. The standard InChI is InChI=1S/C32H50O4/c1-19-11-14-31(26(34)35)17-16-29(7)22(25(31)20(19)2)9-10-24-28(6)15-18-32(36,21(3)33)27(4,5)23(28)12-13-30(24,29)8/h9,19-20,23-25,36H,10-18H2,1-8H3,(H,34,35)/t19-,20+,23-,24-,25+,28+,29-,30-,31+,32-/m1/s1. The summed E-state index contributed by atoms with van der Waals surface area (Å²) < 4.78 is 0. The quantitative estimate of drug-likeness (QED) is 0.400. The third kappa shape index (κ3) is 2.86. The van der Waals surface area contributed by atoms with E-state index in [1.165, 1.54) is 5.57 Å². The predicted octanol–water partition coefficient (Wildman–Crippen LogP) is 7.05. The number of fused-ring (bicyclic) bond motifs is 7. The minimum atomic E-state index is -1.25. The van der Waals surface area contributed by atoms with E-state index in [0.29, 0.717) is 30.1 Å². The summed E-state index contributed by atoms with van der Waals surface area (Å²) in [5, 5.41) is 22.1. The Morgan fingerprint density at radius 3 is 2.17 bits per heavy atom. The normalized spacial score (nSPS) is 53.7. The fourth-order valence-corrected chi connectivity index (χ4v) is 11.4. The smallest absolute Gasteiger partial charge is 0.310 e. The van der Waals surface area contributed by atoms with Crippen molar-refractivity contribution in [1.82, 2.24) is 0 Å². The van der Waals surface area contributed by atoms with Crippen molar-refractivity contribution >= 4 is 11.8 Å². The molecule has 0 heterocycles. The van der Waals surface area contributed by atoms with Gasteiger partial charge in [-0.05, 0) is 111 Å². The van der Waals surface area contributed by atoms with Gasteiger partial charge in [0.05, 0.1) is 5.41 Å². The van der Waals surface area contributed by atoms with Crippen molar-refractivity contribution in [3.63, 3.8) is 0 Å². The Hall–Kier alpha value is -1.16. The van der Waals surface area contributed by atoms with Gasteiger partial charge in [0, 0.05) is 5.41 Å². The van der Waals surface area contributed by atoms with E-state index in [-0.39, 0.29) is 27.9 Å². The van der Waals surface area contributed by atoms with Gasteiger partial charge in [-0.1, -0.05) is 60.1 Å². The average Bonchev–Trinajstić information content (AvgIpc) is 2.79. The number of ketones is 1. The molecule has 4 nitrogen and oxygen atoms in total. The van der Waals surface area contributed by atoms with Crippen molar-refractivity contribution in [2.75, 3.05) is 0 Å². The molecular formula is C32H50O4. The predicted molar refractivity (Wildman–Crippen MR) is 142 cm³/mol. The lowest BCUT2D eigenvalue weighted by Crippen LogP contribution is -2.68. The second kappa shape index (κ2) is 7.70. The second-order valence-corrected chi connectivity index (χ2v) is 15.2. The van der Waals surface area contributed by atoms with Crippen molar-refractivity contribution in [1.29, 1.82) is 0 Å². The molecule has 0 aromatic rings. The summed E-state index contributed by atoms with van der Waals surface area (Å²) in [5.41, 5.74) is -0.707. The fraction of sp³-hybridized carbons (Fsp3) is 0.875. The first kappa shape index (κ1) is 26.4. The van der Waals surface area contributed by atoms with E-state index in [0.717, 1.165) is 51.4 Å². The van der Waals surface area contributed by atoms with Crippen molar-refractivity contribution in [3.8, 4) is 0 Å². The highest BCUT2D eigenvalue weighted by molar-refractivity contribution is 5.86. The van der Waals surface area contributed by atoms with Crippen LogP contribution in [0.1, 0.15) is 113 Å². The average molecular weight is 499 g/mol. The van der Waals surface area contributed by atoms with Gasteiger partial charge in [-0.2, -0.15) is 0 Å². The summed E-state index contributed by atoms with van der Waals surface area (Å²) >= 11 is 0. The van der Waals surface area contributed by atoms with Gasteiger partial charge in [-0.3, -0.25) is 9.59 Å². The van der Waals surface area contributed by atoms with Gasteiger partial charge in [0.15, 0.2) is 5.78 Å². The zero-order valence-electron chi connectivity index (χ0n) is 24.0. The first-order valence-electron chi connectivity index (χ1n) is 14.7. The number of carboxylic acid groups (broad SMARTS) is 1. The Balaban J connectivity index is 1.60. The molecular weight excluding hydrogens is 448 g/mol. The molecule has 4 heteroatoms. The van der Waals surface area contributed by atoms with E-state index >= 15 is 0 Å². The van der Waals surface area contributed by atoms with Crippen LogP contribution >= 0.6 is 0 Å². The molecule has 0 unspecified atom stereocenters. The Bertz CT molecular complexity index is 1010. The molecule has 2 N–H and O–H groups in total. The maximum atomic E-state index is 12.9. The third-order valence-electron chi connectivity index (χ3n) is 14.2. The summed E-state index contributed by atoms with van der Waals surface area (Å²) in [6.45, 7) is 17.9. The van der Waals surface area contributed by atoms with Crippen LogP contribution < -0.4 is 0 Å². The molecule has 5 aliphatic rings. The Morgan fingerprint density at radius 1 is 0.889 bits per heavy atom. The van der Waals surface area contributed by atoms with Gasteiger partial charge >= 0.3 is 5.97 Å². The molecule has 0 saturated heterocycles. The largest absolute Gasteiger partial charge is 0.481 e. The minimum absolute atomic E-state index is 0.00268. The number of Topliss-reactive ketones (excluding diaryl/α,β-unsaturated/α-hetero) is 1. The molecule has 4 saturated carbocycles. The number of carbonyl (C=O) groups excluding carboxylic acids is 1. The number of aliphatic hydroxyl groups is 1. The third-order valence-corrected chi connectivity index (χ3v) is 14.2. The van der Waals surface area contributed by atoms with Crippen LogP contribution in [0.5, 0.6) is 0 Å². The lowest BCUT2D eigenvalue weighted by molar-refractivity contribution is -0.231. The highest BCUT2D eigenvalue weighted by Crippen LogP contribution is 2.76. The fourth-order valence-electron chi connectivity index (χ4n) is 11.4. The lowest BCUT2D eigenvalue weighted by atomic mass is 9.32. The van der Waals surface area contributed by atoms with Crippen LogP contribution in [-0.4, -0.2) is 27.6 Å². The molecule has 0 spiro atoms. The van der Waals surface area contributed by atoms with Gasteiger partial charge in [-0.15, -0.1) is 0 Å². The molecule has 0 aliphatic heterocycles. The van der Waals surface area contributed by atoms with Gasteiger partial charge in [0.2, 0.25) is 0 Å². The van der Waals surface area contributed by atoms with Crippen molar-refractivity contribution < 1.29 is 19.8 Å². The molecule has 0 amide bonds. The van der Waals surface area contributed by atoms with Crippen LogP contribution in [0.3, 0.4) is 0 Å². The first-order valence-corrected chi connectivity index (χ1v) is 14.7. The zero-order chi connectivity index (χ0) is 26.7. The molecule has 202 valence electrons. The van der Waals surface area contributed by atoms with Gasteiger partial charge in [0.1, 0.15) is 5.60 Å². The molecule has 36 heavy (non-hydrogen) atoms. The molecule has 4 fully saturated rings. The van der Waals surface area contributed by atoms with Crippen molar-refractivity contribution in [3.05, 3.63) is 11.6 Å². The topological polar surface area (TPSA) is 74.6 Å². The van der Waals surface area contributed by atoms with E-state index in [1.807, 2.05) is 0 Å². The number of rotatable bonds is 2. The summed E-state index contributed by atoms with van der Waals surface area (Å²) in [6.07, 6.45) is 10.6. The summed E-state index contributed by atoms with van der Waals surface area (Å²) in [4.78, 5) is 25.5. The molecule has 0 bridgehead atoms. The Labute approximate surface area is 218 Å². The van der Waals surface area contributed by atoms with Crippen LogP contribution in [0.25, 0.3) is 0 Å². The number of aliphatic carboxylic acids is 1. The monoisotopic (exact) mass is 498 g/mol. The Kier molecular flexibility index (Phi) is 5.66. The number of carboxylic acids is 1. The summed E-state index contributed by atoms with van der Waals surface area (Å²) in [6, 6.07) is 0. The minimum Gasteiger partial charge on any atom is -0.481 e. The second-order valence-electron chi connectivity index (χ2n) is 15.2. The maximum absolute atomic E-state index is 12.9. The van der Waals surface area contributed by atoms with Crippen LogP contribution in [-0.2, 0) is 9.59 Å². The van der Waals surface area contributed by atoms with Crippen LogP contribution in [0.15, 0.2) is 11.6 Å². The van der Waals surface area contributed by atoms with Gasteiger partial charge in [0.25, 0.3) is 0 Å². The molecule has 10 atom stereocenters.